The Bertz CT molecular complexity index is 430. The molecule has 0 aliphatic heterocycles. The van der Waals surface area contributed by atoms with Crippen molar-refractivity contribution < 1.29 is 9.32 Å². The van der Waals surface area contributed by atoms with Gasteiger partial charge in [0.15, 0.2) is 11.5 Å². The van der Waals surface area contributed by atoms with Crippen LogP contribution in [0.25, 0.3) is 10.6 Å². The average Bonchev–Trinajstić information content (AvgIpc) is 2.71. The highest BCUT2D eigenvalue weighted by Gasteiger charge is 2.07. The minimum Gasteiger partial charge on any atom is -0.355 e. The highest BCUT2D eigenvalue weighted by atomic mass is 32.1. The number of rotatable bonds is 2. The van der Waals surface area contributed by atoms with Gasteiger partial charge in [0.2, 0.25) is 0 Å². The van der Waals surface area contributed by atoms with Crippen LogP contribution < -0.4 is 0 Å². The highest BCUT2D eigenvalue weighted by molar-refractivity contribution is 7.13. The third-order valence-corrected chi connectivity index (χ3v) is 2.65. The molecule has 13 heavy (non-hydrogen) atoms. The largest absolute Gasteiger partial charge is 0.355 e. The molecule has 2 heterocycles. The number of thiophene rings is 1. The van der Waals surface area contributed by atoms with Gasteiger partial charge in [-0.2, -0.15) is 0 Å². The van der Waals surface area contributed by atoms with Crippen molar-refractivity contribution in [1.29, 1.82) is 0 Å². The van der Waals surface area contributed by atoms with Crippen molar-refractivity contribution >= 4 is 17.6 Å². The second-order valence-corrected chi connectivity index (χ2v) is 3.58. The normalized spacial score (nSPS) is 10.2. The third kappa shape index (κ3) is 1.53. The molecule has 65 valence electrons. The predicted octanol–water partition coefficient (Wildman–Crippen LogP) is 2.17. The molecule has 2 aromatic heterocycles. The maximum absolute atomic E-state index is 10.2. The van der Waals surface area contributed by atoms with E-state index in [9.17, 15) is 4.79 Å². The van der Waals surface area contributed by atoms with Gasteiger partial charge in [0.1, 0.15) is 0 Å². The third-order valence-electron chi connectivity index (χ3n) is 1.59. The molecule has 4 heteroatoms. The van der Waals surface area contributed by atoms with Crippen molar-refractivity contribution in [3.63, 3.8) is 0 Å². The Hall–Kier alpha value is -1.42. The molecule has 0 aliphatic carbocycles. The van der Waals surface area contributed by atoms with E-state index in [0.29, 0.717) is 5.76 Å². The van der Waals surface area contributed by atoms with E-state index in [1.807, 2.05) is 18.4 Å². The highest BCUT2D eigenvalue weighted by Crippen LogP contribution is 2.26. The first-order chi connectivity index (χ1) is 6.29. The quantitative estimate of drug-likeness (QED) is 0.732. The standard InChI is InChI=1S/C9H6NO2S/c1-6-2-9(13-5-6)8-3-7(4-11)10-12-8/h2-3,5H,1H3. The summed E-state index contributed by atoms with van der Waals surface area (Å²) in [6.45, 7) is 2.00. The van der Waals surface area contributed by atoms with Gasteiger partial charge in [-0.1, -0.05) is 5.16 Å². The Morgan fingerprint density at radius 2 is 2.38 bits per heavy atom. The Morgan fingerprint density at radius 3 is 2.92 bits per heavy atom. The maximum atomic E-state index is 10.2. The number of nitrogens with zero attached hydrogens (tertiary/aromatic N) is 1. The molecule has 1 radical (unpaired) electrons. The molecular formula is C9H6NO2S. The molecule has 0 unspecified atom stereocenters. The monoisotopic (exact) mass is 192 g/mol. The summed E-state index contributed by atoms with van der Waals surface area (Å²) in [5, 5.41) is 5.54. The van der Waals surface area contributed by atoms with Gasteiger partial charge >= 0.3 is 0 Å². The molecule has 0 saturated heterocycles. The van der Waals surface area contributed by atoms with Crippen LogP contribution in [0, 0.1) is 6.92 Å². The van der Waals surface area contributed by atoms with Crippen molar-refractivity contribution in [2.75, 3.05) is 0 Å². The average molecular weight is 192 g/mol. The number of aromatic nitrogens is 1. The van der Waals surface area contributed by atoms with Crippen LogP contribution in [0.5, 0.6) is 0 Å². The van der Waals surface area contributed by atoms with E-state index in [-0.39, 0.29) is 5.69 Å². The van der Waals surface area contributed by atoms with Crippen molar-refractivity contribution in [2.24, 2.45) is 0 Å². The van der Waals surface area contributed by atoms with E-state index in [4.69, 9.17) is 4.52 Å². The smallest absolute Gasteiger partial charge is 0.257 e. The Balaban J connectivity index is 2.40. The molecule has 2 rings (SSSR count). The second kappa shape index (κ2) is 3.14. The summed E-state index contributed by atoms with van der Waals surface area (Å²) in [5.41, 5.74) is 1.38. The minimum absolute atomic E-state index is 0.209. The summed E-state index contributed by atoms with van der Waals surface area (Å²) >= 11 is 1.56. The van der Waals surface area contributed by atoms with Crippen LogP contribution >= 0.6 is 11.3 Å². The van der Waals surface area contributed by atoms with Crippen molar-refractivity contribution in [3.8, 4) is 10.6 Å². The Labute approximate surface area is 79.0 Å². The van der Waals surface area contributed by atoms with Crippen molar-refractivity contribution in [1.82, 2.24) is 5.16 Å². The molecule has 0 aromatic carbocycles. The Morgan fingerprint density at radius 1 is 1.54 bits per heavy atom. The molecule has 0 spiro atoms. The molecule has 2 aromatic rings. The molecule has 3 nitrogen and oxygen atoms in total. The number of hydrogen-bond donors (Lipinski definition) is 0. The van der Waals surface area contributed by atoms with Crippen LogP contribution in [0.4, 0.5) is 0 Å². The molecule has 0 bridgehead atoms. The SMILES string of the molecule is Cc1csc(-c2cc([C]=O)no2)c1. The first-order valence-corrected chi connectivity index (χ1v) is 4.58. The minimum atomic E-state index is 0.209. The molecule has 0 fully saturated rings. The summed E-state index contributed by atoms with van der Waals surface area (Å²) in [6.07, 6.45) is 1.67. The zero-order valence-corrected chi connectivity index (χ0v) is 7.72. The molecule has 0 aliphatic rings. The van der Waals surface area contributed by atoms with Gasteiger partial charge in [0, 0.05) is 6.07 Å². The summed E-state index contributed by atoms with van der Waals surface area (Å²) in [6, 6.07) is 3.57. The summed E-state index contributed by atoms with van der Waals surface area (Å²) < 4.78 is 4.95. The van der Waals surface area contributed by atoms with E-state index in [1.54, 1.807) is 23.7 Å². The van der Waals surface area contributed by atoms with Crippen LogP contribution in [0.15, 0.2) is 22.0 Å². The van der Waals surface area contributed by atoms with Crippen LogP contribution in [-0.4, -0.2) is 11.4 Å². The lowest BCUT2D eigenvalue weighted by Crippen LogP contribution is -1.73. The van der Waals surface area contributed by atoms with Gasteiger partial charge < -0.3 is 4.52 Å². The van der Waals surface area contributed by atoms with E-state index >= 15 is 0 Å². The predicted molar refractivity (Wildman–Crippen MR) is 49.3 cm³/mol. The molecule has 0 amide bonds. The van der Waals surface area contributed by atoms with Crippen molar-refractivity contribution in [2.45, 2.75) is 6.92 Å². The van der Waals surface area contributed by atoms with Gasteiger partial charge in [0.25, 0.3) is 6.29 Å². The van der Waals surface area contributed by atoms with E-state index in [2.05, 4.69) is 5.16 Å². The fourth-order valence-corrected chi connectivity index (χ4v) is 1.85. The first-order valence-electron chi connectivity index (χ1n) is 3.70. The lowest BCUT2D eigenvalue weighted by atomic mass is 10.3. The summed E-state index contributed by atoms with van der Waals surface area (Å²) in [4.78, 5) is 11.2. The fraction of sp³-hybridized carbons (Fsp3) is 0.111. The lowest BCUT2D eigenvalue weighted by molar-refractivity contribution is 0.430. The van der Waals surface area contributed by atoms with Crippen LogP contribution in [0.3, 0.4) is 0 Å². The number of carbonyl (C=O) groups excluding carboxylic acids is 1. The fourth-order valence-electron chi connectivity index (χ4n) is 1.000. The van der Waals surface area contributed by atoms with Gasteiger partial charge in [-0.3, -0.25) is 4.79 Å². The molecule has 0 atom stereocenters. The van der Waals surface area contributed by atoms with Crippen LogP contribution in [0.1, 0.15) is 11.3 Å². The molecular weight excluding hydrogens is 186 g/mol. The van der Waals surface area contributed by atoms with Crippen LogP contribution in [-0.2, 0) is 4.79 Å². The van der Waals surface area contributed by atoms with E-state index in [1.165, 1.54) is 5.56 Å². The number of hydrogen-bond acceptors (Lipinski definition) is 4. The molecule has 0 saturated carbocycles. The van der Waals surface area contributed by atoms with Gasteiger partial charge in [-0.05, 0) is 23.9 Å². The first kappa shape index (κ1) is 8.19. The zero-order valence-electron chi connectivity index (χ0n) is 6.90. The Kier molecular flexibility index (Phi) is 1.98. The van der Waals surface area contributed by atoms with Crippen LogP contribution in [0.2, 0.25) is 0 Å². The van der Waals surface area contributed by atoms with Crippen molar-refractivity contribution in [3.05, 3.63) is 28.8 Å². The summed E-state index contributed by atoms with van der Waals surface area (Å²) in [7, 11) is 0. The van der Waals surface area contributed by atoms with Gasteiger partial charge in [0.05, 0.1) is 4.88 Å². The van der Waals surface area contributed by atoms with E-state index in [0.717, 1.165) is 4.88 Å². The van der Waals surface area contributed by atoms with E-state index < -0.39 is 0 Å². The number of aryl methyl sites for hydroxylation is 1. The second-order valence-electron chi connectivity index (χ2n) is 2.67. The lowest BCUT2D eigenvalue weighted by Gasteiger charge is -1.83. The van der Waals surface area contributed by atoms with Gasteiger partial charge in [-0.25, -0.2) is 0 Å². The topological polar surface area (TPSA) is 43.1 Å². The summed E-state index contributed by atoms with van der Waals surface area (Å²) in [5.74, 6) is 0.622. The zero-order chi connectivity index (χ0) is 9.26. The maximum Gasteiger partial charge on any atom is 0.257 e. The molecule has 0 N–H and O–H groups in total. The van der Waals surface area contributed by atoms with Gasteiger partial charge in [-0.15, -0.1) is 11.3 Å².